The first-order valence-corrected chi connectivity index (χ1v) is 9.04. The lowest BCUT2D eigenvalue weighted by atomic mass is 10.3. The van der Waals surface area contributed by atoms with E-state index in [2.05, 4.69) is 30.6 Å². The summed E-state index contributed by atoms with van der Waals surface area (Å²) in [4.78, 5) is 8.33. The van der Waals surface area contributed by atoms with Gasteiger partial charge in [-0.1, -0.05) is 0 Å². The number of hydrogen-bond donors (Lipinski definition) is 1. The average molecular weight is 384 g/mol. The van der Waals surface area contributed by atoms with Gasteiger partial charge in [-0.2, -0.15) is 0 Å². The topological polar surface area (TPSA) is 72.0 Å². The summed E-state index contributed by atoms with van der Waals surface area (Å²) >= 11 is 4.74. The summed E-state index contributed by atoms with van der Waals surface area (Å²) in [5.74, 6) is 0. The van der Waals surface area contributed by atoms with Crippen LogP contribution in [0.4, 0.5) is 5.69 Å². The van der Waals surface area contributed by atoms with Gasteiger partial charge in [0, 0.05) is 16.9 Å². The lowest BCUT2D eigenvalue weighted by Crippen LogP contribution is -2.13. The molecule has 8 heteroatoms. The van der Waals surface area contributed by atoms with Crippen LogP contribution in [0.25, 0.3) is 10.2 Å². The van der Waals surface area contributed by atoms with E-state index in [1.54, 1.807) is 18.2 Å². The Kier molecular flexibility index (Phi) is 3.68. The van der Waals surface area contributed by atoms with Crippen LogP contribution in [-0.2, 0) is 10.0 Å². The molecular weight excluding hydrogens is 374 g/mol. The van der Waals surface area contributed by atoms with E-state index in [0.717, 1.165) is 15.2 Å². The molecule has 0 aliphatic heterocycles. The van der Waals surface area contributed by atoms with Gasteiger partial charge in [0.1, 0.15) is 4.90 Å². The number of thiazole rings is 1. The van der Waals surface area contributed by atoms with Crippen molar-refractivity contribution in [1.82, 2.24) is 9.97 Å². The summed E-state index contributed by atoms with van der Waals surface area (Å²) in [5.41, 5.74) is 1.37. The van der Waals surface area contributed by atoms with Crippen molar-refractivity contribution in [2.24, 2.45) is 0 Å². The van der Waals surface area contributed by atoms with Gasteiger partial charge in [0.15, 0.2) is 0 Å². The monoisotopic (exact) mass is 383 g/mol. The van der Waals surface area contributed by atoms with Gasteiger partial charge in [0.05, 0.1) is 20.9 Å². The molecular formula is C13H10BrN3O2S2. The number of sulfonamides is 1. The molecule has 108 valence electrons. The van der Waals surface area contributed by atoms with Crippen molar-refractivity contribution in [3.63, 3.8) is 0 Å². The molecule has 0 saturated carbocycles. The van der Waals surface area contributed by atoms with Gasteiger partial charge >= 0.3 is 0 Å². The molecule has 5 nitrogen and oxygen atoms in total. The van der Waals surface area contributed by atoms with Crippen LogP contribution in [0.2, 0.25) is 0 Å². The fourth-order valence-electron chi connectivity index (χ4n) is 1.86. The molecule has 0 aliphatic carbocycles. The zero-order chi connectivity index (χ0) is 15.0. The van der Waals surface area contributed by atoms with Gasteiger partial charge in [-0.25, -0.2) is 13.4 Å². The third-order valence-corrected chi connectivity index (χ3v) is 5.45. The van der Waals surface area contributed by atoms with Gasteiger partial charge in [-0.3, -0.25) is 9.71 Å². The highest BCUT2D eigenvalue weighted by molar-refractivity contribution is 9.10. The summed E-state index contributed by atoms with van der Waals surface area (Å²) < 4.78 is 28.7. The number of aromatic nitrogens is 2. The summed E-state index contributed by atoms with van der Waals surface area (Å²) in [6.07, 6.45) is 2.84. The molecule has 0 aliphatic rings. The Bertz CT molecular complexity index is 922. The smallest absolute Gasteiger partial charge is 0.263 e. The molecule has 0 saturated heterocycles. The summed E-state index contributed by atoms with van der Waals surface area (Å²) in [7, 11) is -3.66. The maximum Gasteiger partial charge on any atom is 0.263 e. The van der Waals surface area contributed by atoms with Crippen molar-refractivity contribution in [2.45, 2.75) is 11.8 Å². The normalized spacial score (nSPS) is 11.7. The third kappa shape index (κ3) is 3.07. The summed E-state index contributed by atoms with van der Waals surface area (Å²) in [5, 5.41) is 0.946. The molecule has 0 radical (unpaired) electrons. The molecule has 3 rings (SSSR count). The molecule has 3 aromatic rings. The minimum atomic E-state index is -3.66. The number of rotatable bonds is 3. The predicted octanol–water partition coefficient (Wildman–Crippen LogP) is 3.56. The lowest BCUT2D eigenvalue weighted by molar-refractivity contribution is 0.600. The lowest BCUT2D eigenvalue weighted by Gasteiger charge is -2.07. The zero-order valence-electron chi connectivity index (χ0n) is 10.9. The quantitative estimate of drug-likeness (QED) is 0.750. The number of pyridine rings is 1. The number of hydrogen-bond acceptors (Lipinski definition) is 5. The largest absolute Gasteiger partial charge is 0.280 e. The van der Waals surface area contributed by atoms with E-state index >= 15 is 0 Å². The Hall–Kier alpha value is -1.51. The van der Waals surface area contributed by atoms with Crippen molar-refractivity contribution in [3.8, 4) is 0 Å². The van der Waals surface area contributed by atoms with E-state index in [1.807, 2.05) is 6.92 Å². The number of anilines is 1. The number of halogens is 1. The van der Waals surface area contributed by atoms with Crippen molar-refractivity contribution in [2.75, 3.05) is 4.72 Å². The molecule has 0 fully saturated rings. The second kappa shape index (κ2) is 5.36. The van der Waals surface area contributed by atoms with Crippen molar-refractivity contribution >= 4 is 53.2 Å². The maximum atomic E-state index is 12.3. The molecule has 0 atom stereocenters. The Morgan fingerprint density at radius 3 is 2.81 bits per heavy atom. The van der Waals surface area contributed by atoms with Crippen LogP contribution in [0, 0.1) is 6.92 Å². The average Bonchev–Trinajstić information content (AvgIpc) is 2.77. The number of fused-ring (bicyclic) bond motifs is 1. The van der Waals surface area contributed by atoms with Crippen LogP contribution in [0.15, 0.2) is 46.0 Å². The van der Waals surface area contributed by atoms with Gasteiger partial charge in [0.2, 0.25) is 0 Å². The first-order valence-electron chi connectivity index (χ1n) is 5.95. The standard InChI is InChI=1S/C13H10BrN3O2S2/c1-8-16-12-3-2-10(5-13(12)20-8)17-21(18,19)11-4-9(14)6-15-7-11/h2-7,17H,1H3. The van der Waals surface area contributed by atoms with E-state index in [4.69, 9.17) is 0 Å². The first-order chi connectivity index (χ1) is 9.94. The van der Waals surface area contributed by atoms with Crippen molar-refractivity contribution in [1.29, 1.82) is 0 Å². The summed E-state index contributed by atoms with van der Waals surface area (Å²) in [6, 6.07) is 6.79. The Morgan fingerprint density at radius 1 is 1.24 bits per heavy atom. The van der Waals surface area contributed by atoms with Crippen molar-refractivity contribution < 1.29 is 8.42 Å². The predicted molar refractivity (Wildman–Crippen MR) is 87.1 cm³/mol. The molecule has 1 aromatic carbocycles. The second-order valence-electron chi connectivity index (χ2n) is 4.36. The number of benzene rings is 1. The SMILES string of the molecule is Cc1nc2ccc(NS(=O)(=O)c3cncc(Br)c3)cc2s1. The Labute approximate surface area is 134 Å². The van der Waals surface area contributed by atoms with E-state index in [9.17, 15) is 8.42 Å². The molecule has 0 amide bonds. The molecule has 21 heavy (non-hydrogen) atoms. The highest BCUT2D eigenvalue weighted by Gasteiger charge is 2.15. The number of aryl methyl sites for hydroxylation is 1. The molecule has 2 heterocycles. The minimum absolute atomic E-state index is 0.109. The Morgan fingerprint density at radius 2 is 2.05 bits per heavy atom. The van der Waals surface area contributed by atoms with E-state index in [0.29, 0.717) is 10.2 Å². The third-order valence-electron chi connectivity index (χ3n) is 2.74. The van der Waals surface area contributed by atoms with Gasteiger partial charge in [-0.05, 0) is 47.1 Å². The number of nitrogens with zero attached hydrogens (tertiary/aromatic N) is 2. The van der Waals surface area contributed by atoms with Crippen LogP contribution >= 0.6 is 27.3 Å². The van der Waals surface area contributed by atoms with Gasteiger partial charge in [-0.15, -0.1) is 11.3 Å². The molecule has 0 unspecified atom stereocenters. The Balaban J connectivity index is 1.96. The fraction of sp³-hybridized carbons (Fsp3) is 0.0769. The van der Waals surface area contributed by atoms with Crippen LogP contribution in [0.3, 0.4) is 0 Å². The van der Waals surface area contributed by atoms with E-state index in [1.165, 1.54) is 29.8 Å². The molecule has 0 spiro atoms. The van der Waals surface area contributed by atoms with Crippen LogP contribution in [0.1, 0.15) is 5.01 Å². The minimum Gasteiger partial charge on any atom is -0.280 e. The van der Waals surface area contributed by atoms with Crippen molar-refractivity contribution in [3.05, 3.63) is 46.1 Å². The van der Waals surface area contributed by atoms with Crippen LogP contribution < -0.4 is 4.72 Å². The second-order valence-corrected chi connectivity index (χ2v) is 8.19. The summed E-state index contributed by atoms with van der Waals surface area (Å²) in [6.45, 7) is 1.92. The fourth-order valence-corrected chi connectivity index (χ4v) is 4.28. The number of nitrogens with one attached hydrogen (secondary N) is 1. The molecule has 1 N–H and O–H groups in total. The maximum absolute atomic E-state index is 12.3. The van der Waals surface area contributed by atoms with Crippen LogP contribution in [0.5, 0.6) is 0 Å². The van der Waals surface area contributed by atoms with Gasteiger partial charge in [0.25, 0.3) is 10.0 Å². The molecule has 2 aromatic heterocycles. The zero-order valence-corrected chi connectivity index (χ0v) is 14.1. The van der Waals surface area contributed by atoms with Crippen LogP contribution in [-0.4, -0.2) is 18.4 Å². The van der Waals surface area contributed by atoms with Gasteiger partial charge < -0.3 is 0 Å². The highest BCUT2D eigenvalue weighted by atomic mass is 79.9. The van der Waals surface area contributed by atoms with E-state index < -0.39 is 10.0 Å². The first kappa shape index (κ1) is 14.4. The van der Waals surface area contributed by atoms with E-state index in [-0.39, 0.29) is 4.90 Å². The molecule has 0 bridgehead atoms. The highest BCUT2D eigenvalue weighted by Crippen LogP contribution is 2.26.